The Hall–Kier alpha value is -0.714. The molecule has 4 heteroatoms. The van der Waals surface area contributed by atoms with Gasteiger partial charge in [-0.15, -0.1) is 0 Å². The molecule has 0 atom stereocenters. The quantitative estimate of drug-likeness (QED) is 0.816. The van der Waals surface area contributed by atoms with Gasteiger partial charge < -0.3 is 5.11 Å². The third-order valence-corrected chi connectivity index (χ3v) is 2.75. The van der Waals surface area contributed by atoms with Crippen molar-refractivity contribution in [3.63, 3.8) is 0 Å². The summed E-state index contributed by atoms with van der Waals surface area (Å²) in [6, 6.07) is 10.9. The summed E-state index contributed by atoms with van der Waals surface area (Å²) < 4.78 is 0.813. The van der Waals surface area contributed by atoms with Crippen molar-refractivity contribution in [3.8, 4) is 0 Å². The molecule has 2 aromatic rings. The molecule has 2 rings (SSSR count). The third-order valence-electron chi connectivity index (χ3n) is 2.08. The molecule has 76 valence electrons. The molecule has 0 radical (unpaired) electrons. The van der Waals surface area contributed by atoms with Crippen molar-refractivity contribution in [2.24, 2.45) is 0 Å². The summed E-state index contributed by atoms with van der Waals surface area (Å²) in [6.45, 7) is 0. The number of halogens is 1. The van der Waals surface area contributed by atoms with Crippen LogP contribution in [0.25, 0.3) is 10.8 Å². The van der Waals surface area contributed by atoms with Crippen molar-refractivity contribution < 1.29 is 9.90 Å². The van der Waals surface area contributed by atoms with Gasteiger partial charge in [0.1, 0.15) is 0 Å². The van der Waals surface area contributed by atoms with Gasteiger partial charge in [-0.25, -0.2) is 4.79 Å². The Kier molecular flexibility index (Phi) is 4.01. The van der Waals surface area contributed by atoms with Crippen LogP contribution in [-0.2, 0) is 0 Å². The van der Waals surface area contributed by atoms with Crippen molar-refractivity contribution in [2.45, 2.75) is 0 Å². The molecule has 0 aliphatic heterocycles. The van der Waals surface area contributed by atoms with Gasteiger partial charge in [-0.2, -0.15) is 0 Å². The number of aromatic carboxylic acids is 1. The second kappa shape index (κ2) is 4.87. The fourth-order valence-electron chi connectivity index (χ4n) is 1.47. The molecule has 0 unspecified atom stereocenters. The monoisotopic (exact) mass is 322 g/mol. The van der Waals surface area contributed by atoms with Crippen molar-refractivity contribution in [1.29, 1.82) is 0 Å². The minimum absolute atomic E-state index is 0. The van der Waals surface area contributed by atoms with Crippen LogP contribution in [-0.4, -0.2) is 30.9 Å². The van der Waals surface area contributed by atoms with Gasteiger partial charge in [-0.1, -0.05) is 40.2 Å². The van der Waals surface area contributed by atoms with Crippen molar-refractivity contribution >= 4 is 52.5 Å². The molecule has 0 saturated heterocycles. The first-order valence-corrected chi connectivity index (χ1v) is 4.90. The maximum absolute atomic E-state index is 10.9. The van der Waals surface area contributed by atoms with E-state index in [2.05, 4.69) is 15.9 Å². The molecule has 0 aliphatic carbocycles. The van der Waals surface area contributed by atoms with Crippen molar-refractivity contribution in [1.82, 2.24) is 0 Å². The third kappa shape index (κ3) is 2.27. The SMILES string of the molecule is O=C(O)c1cccc2cccc(Br)c12.[GaH3]. The molecule has 0 spiro atoms. The number of carboxylic acids is 1. The van der Waals surface area contributed by atoms with E-state index in [-0.39, 0.29) is 19.8 Å². The van der Waals surface area contributed by atoms with E-state index in [1.807, 2.05) is 24.3 Å². The van der Waals surface area contributed by atoms with Gasteiger partial charge in [0.15, 0.2) is 0 Å². The van der Waals surface area contributed by atoms with Crippen molar-refractivity contribution in [2.75, 3.05) is 0 Å². The van der Waals surface area contributed by atoms with Gasteiger partial charge in [0, 0.05) is 9.86 Å². The minimum atomic E-state index is -0.900. The van der Waals surface area contributed by atoms with Gasteiger partial charge >= 0.3 is 25.8 Å². The fourth-order valence-corrected chi connectivity index (χ4v) is 2.07. The van der Waals surface area contributed by atoms with Gasteiger partial charge in [-0.05, 0) is 17.5 Å². The molecule has 0 bridgehead atoms. The molecule has 1 N–H and O–H groups in total. The molecular weight excluding hydrogens is 314 g/mol. The molecule has 2 aromatic carbocycles. The number of carbonyl (C=O) groups is 1. The summed E-state index contributed by atoms with van der Waals surface area (Å²) >= 11 is 3.35. The normalized spacial score (nSPS) is 9.67. The Labute approximate surface area is 108 Å². The van der Waals surface area contributed by atoms with Crippen LogP contribution >= 0.6 is 15.9 Å². The van der Waals surface area contributed by atoms with E-state index in [1.165, 1.54) is 0 Å². The summed E-state index contributed by atoms with van der Waals surface area (Å²) in [5.74, 6) is -0.900. The van der Waals surface area contributed by atoms with Gasteiger partial charge in [0.2, 0.25) is 0 Å². The molecule has 2 nitrogen and oxygen atoms in total. The van der Waals surface area contributed by atoms with Crippen LogP contribution < -0.4 is 0 Å². The van der Waals surface area contributed by atoms with Gasteiger partial charge in [0.25, 0.3) is 0 Å². The predicted octanol–water partition coefficient (Wildman–Crippen LogP) is 2.12. The molecule has 0 aliphatic rings. The van der Waals surface area contributed by atoms with Crippen LogP contribution in [0, 0.1) is 0 Å². The van der Waals surface area contributed by atoms with Crippen LogP contribution in [0.15, 0.2) is 40.9 Å². The number of fused-ring (bicyclic) bond motifs is 1. The molecular formula is C11H10BrGaO2. The Morgan fingerprint density at radius 3 is 2.33 bits per heavy atom. The van der Waals surface area contributed by atoms with Crippen LogP contribution in [0.5, 0.6) is 0 Å². The van der Waals surface area contributed by atoms with E-state index in [0.29, 0.717) is 5.56 Å². The molecule has 0 amide bonds. The summed E-state index contributed by atoms with van der Waals surface area (Å²) in [4.78, 5) is 10.9. The molecule has 15 heavy (non-hydrogen) atoms. The Balaban J connectivity index is 0.00000112. The zero-order chi connectivity index (χ0) is 10.1. The first-order valence-electron chi connectivity index (χ1n) is 4.10. The average Bonchev–Trinajstić information content (AvgIpc) is 2.17. The average molecular weight is 324 g/mol. The summed E-state index contributed by atoms with van der Waals surface area (Å²) in [6.07, 6.45) is 0. The number of hydrogen-bond acceptors (Lipinski definition) is 1. The van der Waals surface area contributed by atoms with Crippen LogP contribution in [0.3, 0.4) is 0 Å². The van der Waals surface area contributed by atoms with Crippen LogP contribution in [0.1, 0.15) is 10.4 Å². The van der Waals surface area contributed by atoms with E-state index in [0.717, 1.165) is 15.2 Å². The number of carboxylic acid groups (broad SMARTS) is 1. The van der Waals surface area contributed by atoms with Gasteiger partial charge in [0.05, 0.1) is 5.56 Å². The topological polar surface area (TPSA) is 37.3 Å². The summed E-state index contributed by atoms with van der Waals surface area (Å²) in [5.41, 5.74) is 0.329. The molecule has 0 saturated carbocycles. The van der Waals surface area contributed by atoms with Crippen molar-refractivity contribution in [3.05, 3.63) is 46.4 Å². The van der Waals surface area contributed by atoms with E-state index in [4.69, 9.17) is 5.11 Å². The first-order chi connectivity index (χ1) is 6.70. The number of benzene rings is 2. The Morgan fingerprint density at radius 1 is 1.13 bits per heavy atom. The van der Waals surface area contributed by atoms with E-state index < -0.39 is 5.97 Å². The van der Waals surface area contributed by atoms with E-state index >= 15 is 0 Å². The number of hydrogen-bond donors (Lipinski definition) is 1. The maximum atomic E-state index is 10.9. The van der Waals surface area contributed by atoms with Gasteiger partial charge in [-0.3, -0.25) is 0 Å². The first kappa shape index (κ1) is 12.4. The molecule has 0 heterocycles. The Morgan fingerprint density at radius 2 is 1.73 bits per heavy atom. The molecule has 0 aromatic heterocycles. The van der Waals surface area contributed by atoms with Crippen LogP contribution in [0.4, 0.5) is 0 Å². The predicted molar refractivity (Wildman–Crippen MR) is 68.5 cm³/mol. The molecule has 0 fully saturated rings. The number of rotatable bonds is 1. The standard InChI is InChI=1S/C11H7BrO2.Ga.3H/c12-9-6-2-4-7-3-1-5-8(10(7)9)11(13)14;;;;/h1-6H,(H,13,14);;;;. The van der Waals surface area contributed by atoms with E-state index in [1.54, 1.807) is 12.1 Å². The van der Waals surface area contributed by atoms with Crippen LogP contribution in [0.2, 0.25) is 0 Å². The second-order valence-electron chi connectivity index (χ2n) is 2.95. The zero-order valence-electron chi connectivity index (χ0n) is 7.20. The fraction of sp³-hybridized carbons (Fsp3) is 0. The van der Waals surface area contributed by atoms with E-state index in [9.17, 15) is 4.79 Å². The Bertz CT molecular complexity index is 506. The second-order valence-corrected chi connectivity index (χ2v) is 3.80. The zero-order valence-corrected chi connectivity index (χ0v) is 8.78. The summed E-state index contributed by atoms with van der Waals surface area (Å²) in [5, 5.41) is 10.7. The summed E-state index contributed by atoms with van der Waals surface area (Å²) in [7, 11) is 0.